The van der Waals surface area contributed by atoms with E-state index in [9.17, 15) is 4.39 Å². The van der Waals surface area contributed by atoms with Crippen LogP contribution in [0.4, 0.5) is 4.39 Å². The fourth-order valence-corrected chi connectivity index (χ4v) is 5.01. The van der Waals surface area contributed by atoms with Gasteiger partial charge in [-0.05, 0) is 68.3 Å². The van der Waals surface area contributed by atoms with E-state index in [0.717, 1.165) is 30.1 Å². The first-order valence-corrected chi connectivity index (χ1v) is 10.6. The summed E-state index contributed by atoms with van der Waals surface area (Å²) in [4.78, 5) is 0. The zero-order chi connectivity index (χ0) is 17.9. The fourth-order valence-electron chi connectivity index (χ4n) is 5.01. The highest BCUT2D eigenvalue weighted by Gasteiger charge is 2.30. The van der Waals surface area contributed by atoms with Gasteiger partial charge in [-0.1, -0.05) is 64.0 Å². The molecule has 2 rings (SSSR count). The van der Waals surface area contributed by atoms with Crippen molar-refractivity contribution >= 4 is 0 Å². The normalized spacial score (nSPS) is 31.2. The Balaban J connectivity index is 1.60. The Bertz CT molecular complexity index is 457. The first-order valence-electron chi connectivity index (χ1n) is 10.6. The van der Waals surface area contributed by atoms with Crippen LogP contribution in [-0.2, 0) is 0 Å². The van der Waals surface area contributed by atoms with Crippen molar-refractivity contribution in [2.75, 3.05) is 0 Å². The number of allylic oxidation sites excluding steroid dienone is 4. The van der Waals surface area contributed by atoms with Crippen LogP contribution in [0.2, 0.25) is 0 Å². The average molecular weight is 346 g/mol. The van der Waals surface area contributed by atoms with Gasteiger partial charge < -0.3 is 0 Å². The van der Waals surface area contributed by atoms with Gasteiger partial charge in [-0.25, -0.2) is 0 Å². The summed E-state index contributed by atoms with van der Waals surface area (Å²) in [5, 5.41) is 8.35. The van der Waals surface area contributed by atoms with Crippen molar-refractivity contribution in [1.29, 1.82) is 5.26 Å². The molecule has 140 valence electrons. The minimum Gasteiger partial charge on any atom is -0.195 e. The molecule has 2 saturated carbocycles. The highest BCUT2D eigenvalue weighted by atomic mass is 19.1. The van der Waals surface area contributed by atoms with Crippen molar-refractivity contribution in [3.8, 4) is 6.07 Å². The Hall–Kier alpha value is -1.10. The zero-order valence-electron chi connectivity index (χ0n) is 16.1. The van der Waals surface area contributed by atoms with Crippen molar-refractivity contribution < 1.29 is 4.39 Å². The van der Waals surface area contributed by atoms with E-state index < -0.39 is 5.83 Å². The third-order valence-electron chi connectivity index (χ3n) is 6.64. The number of halogens is 1. The number of nitriles is 1. The Morgan fingerprint density at radius 1 is 0.960 bits per heavy atom. The molecule has 2 fully saturated rings. The van der Waals surface area contributed by atoms with E-state index in [1.165, 1.54) is 89.2 Å². The summed E-state index contributed by atoms with van der Waals surface area (Å²) >= 11 is 0. The molecule has 0 spiro atoms. The summed E-state index contributed by atoms with van der Waals surface area (Å²) in [6, 6.07) is 1.50. The molecular weight excluding hydrogens is 309 g/mol. The SMILES string of the molecule is CCCC[C@H]1CC[C@H](C2CCC(CC/C=C/C=C(\F)C#N)CC2)CC1. The molecule has 25 heavy (non-hydrogen) atoms. The van der Waals surface area contributed by atoms with Crippen LogP contribution in [0.25, 0.3) is 0 Å². The molecule has 0 aromatic carbocycles. The fraction of sp³-hybridized carbons (Fsp3) is 0.783. The second-order valence-electron chi connectivity index (χ2n) is 8.34. The minimum absolute atomic E-state index is 0.707. The van der Waals surface area contributed by atoms with E-state index in [4.69, 9.17) is 5.26 Å². The predicted molar refractivity (Wildman–Crippen MR) is 104 cm³/mol. The molecular formula is C23H36FN. The average Bonchev–Trinajstić information content (AvgIpc) is 2.67. The second kappa shape index (κ2) is 11.5. The standard InChI is InChI=1S/C23H36FN/c1-2-3-7-19-10-14-21(15-11-19)22-16-12-20(13-17-22)8-5-4-6-9-23(24)18-25/h4,6,9,19-22H,2-3,5,7-8,10-17H2,1H3/b6-4+,23-9-/t19-,20?,21-,22?. The summed E-state index contributed by atoms with van der Waals surface area (Å²) in [5.74, 6) is 3.18. The molecule has 1 nitrogen and oxygen atoms in total. The Morgan fingerprint density at radius 3 is 2.04 bits per heavy atom. The molecule has 0 aliphatic heterocycles. The largest absolute Gasteiger partial charge is 0.199 e. The lowest BCUT2D eigenvalue weighted by Gasteiger charge is -2.38. The maximum absolute atomic E-state index is 12.7. The molecule has 2 heteroatoms. The van der Waals surface area contributed by atoms with Crippen LogP contribution in [0, 0.1) is 35.0 Å². The number of nitrogens with zero attached hydrogens (tertiary/aromatic N) is 1. The van der Waals surface area contributed by atoms with Crippen LogP contribution in [0.15, 0.2) is 24.1 Å². The van der Waals surface area contributed by atoms with Crippen molar-refractivity contribution in [3.05, 3.63) is 24.1 Å². The van der Waals surface area contributed by atoms with Gasteiger partial charge in [0.1, 0.15) is 6.07 Å². The summed E-state index contributed by atoms with van der Waals surface area (Å²) in [5.41, 5.74) is 0. The van der Waals surface area contributed by atoms with Gasteiger partial charge in [-0.2, -0.15) is 9.65 Å². The van der Waals surface area contributed by atoms with Crippen LogP contribution in [0.5, 0.6) is 0 Å². The molecule has 0 bridgehead atoms. The molecule has 0 heterocycles. The molecule has 0 atom stereocenters. The summed E-state index contributed by atoms with van der Waals surface area (Å²) < 4.78 is 12.7. The molecule has 2 aliphatic carbocycles. The Kier molecular flexibility index (Phi) is 9.30. The van der Waals surface area contributed by atoms with Gasteiger partial charge in [0.2, 0.25) is 0 Å². The third kappa shape index (κ3) is 7.35. The monoisotopic (exact) mass is 345 g/mol. The number of rotatable bonds is 8. The van der Waals surface area contributed by atoms with E-state index in [-0.39, 0.29) is 0 Å². The maximum atomic E-state index is 12.7. The molecule has 2 aliphatic rings. The smallest absolute Gasteiger partial charge is 0.195 e. The highest BCUT2D eigenvalue weighted by Crippen LogP contribution is 2.43. The lowest BCUT2D eigenvalue weighted by molar-refractivity contribution is 0.141. The summed E-state index contributed by atoms with van der Waals surface area (Å²) in [7, 11) is 0. The molecule has 0 aromatic rings. The van der Waals surface area contributed by atoms with E-state index >= 15 is 0 Å². The van der Waals surface area contributed by atoms with Gasteiger partial charge in [0.25, 0.3) is 0 Å². The van der Waals surface area contributed by atoms with Gasteiger partial charge in [0.15, 0.2) is 5.83 Å². The summed E-state index contributed by atoms with van der Waals surface area (Å²) in [6.07, 6.45) is 23.0. The first-order chi connectivity index (χ1) is 12.2. The van der Waals surface area contributed by atoms with Crippen molar-refractivity contribution in [2.24, 2.45) is 23.7 Å². The van der Waals surface area contributed by atoms with Crippen molar-refractivity contribution in [1.82, 2.24) is 0 Å². The molecule has 0 radical (unpaired) electrons. The number of hydrogen-bond acceptors (Lipinski definition) is 1. The Morgan fingerprint density at radius 2 is 1.52 bits per heavy atom. The van der Waals surface area contributed by atoms with Crippen molar-refractivity contribution in [2.45, 2.75) is 90.4 Å². The minimum atomic E-state index is -0.707. The van der Waals surface area contributed by atoms with Crippen LogP contribution in [-0.4, -0.2) is 0 Å². The van der Waals surface area contributed by atoms with Crippen LogP contribution in [0.1, 0.15) is 90.4 Å². The molecule has 0 saturated heterocycles. The third-order valence-corrected chi connectivity index (χ3v) is 6.64. The van der Waals surface area contributed by atoms with Crippen LogP contribution < -0.4 is 0 Å². The Labute approximate surface area is 154 Å². The van der Waals surface area contributed by atoms with Gasteiger partial charge in [-0.15, -0.1) is 0 Å². The highest BCUT2D eigenvalue weighted by molar-refractivity contribution is 5.18. The lowest BCUT2D eigenvalue weighted by Crippen LogP contribution is -2.25. The van der Waals surface area contributed by atoms with E-state index in [2.05, 4.69) is 6.92 Å². The number of hydrogen-bond donors (Lipinski definition) is 0. The van der Waals surface area contributed by atoms with Gasteiger partial charge in [0, 0.05) is 0 Å². The molecule has 0 amide bonds. The summed E-state index contributed by atoms with van der Waals surface area (Å²) in [6.45, 7) is 2.31. The van der Waals surface area contributed by atoms with Gasteiger partial charge in [0.05, 0.1) is 0 Å². The topological polar surface area (TPSA) is 23.8 Å². The van der Waals surface area contributed by atoms with Crippen molar-refractivity contribution in [3.63, 3.8) is 0 Å². The van der Waals surface area contributed by atoms with E-state index in [0.29, 0.717) is 0 Å². The second-order valence-corrected chi connectivity index (χ2v) is 8.34. The predicted octanol–water partition coefficient (Wildman–Crippen LogP) is 7.50. The maximum Gasteiger partial charge on any atom is 0.199 e. The van der Waals surface area contributed by atoms with Gasteiger partial charge in [-0.3, -0.25) is 0 Å². The van der Waals surface area contributed by atoms with Gasteiger partial charge >= 0.3 is 0 Å². The first kappa shape index (κ1) is 20.2. The van der Waals surface area contributed by atoms with E-state index in [1.54, 1.807) is 6.08 Å². The van der Waals surface area contributed by atoms with Crippen LogP contribution >= 0.6 is 0 Å². The molecule has 0 N–H and O–H groups in total. The molecule has 0 unspecified atom stereocenters. The number of unbranched alkanes of at least 4 members (excludes halogenated alkanes) is 1. The quantitative estimate of drug-likeness (QED) is 0.330. The van der Waals surface area contributed by atoms with E-state index in [1.807, 2.05) is 6.08 Å². The zero-order valence-corrected chi connectivity index (χ0v) is 16.1. The molecule has 0 aromatic heterocycles. The van der Waals surface area contributed by atoms with Crippen LogP contribution in [0.3, 0.4) is 0 Å². The lowest BCUT2D eigenvalue weighted by atomic mass is 9.68.